The minimum atomic E-state index is -0.498. The van der Waals surface area contributed by atoms with E-state index in [0.29, 0.717) is 22.9 Å². The Labute approximate surface area is 161 Å². The van der Waals surface area contributed by atoms with Crippen LogP contribution in [0.1, 0.15) is 12.5 Å². The first-order valence-corrected chi connectivity index (χ1v) is 8.46. The fraction of sp³-hybridized carbons (Fsp3) is 0.150. The number of benzene rings is 2. The van der Waals surface area contributed by atoms with Crippen LogP contribution in [0.15, 0.2) is 54.2 Å². The van der Waals surface area contributed by atoms with Gasteiger partial charge in [-0.15, -0.1) is 0 Å². The summed E-state index contributed by atoms with van der Waals surface area (Å²) in [5.74, 6) is 0.641. The lowest BCUT2D eigenvalue weighted by atomic mass is 10.2. The van der Waals surface area contributed by atoms with Gasteiger partial charge in [0.25, 0.3) is 5.91 Å². The monoisotopic (exact) mass is 378 g/mol. The smallest absolute Gasteiger partial charge is 0.263 e. The molecule has 0 saturated heterocycles. The van der Waals surface area contributed by atoms with Crippen molar-refractivity contribution in [1.82, 2.24) is 5.32 Å². The Hall–Kier alpha value is -3.99. The van der Waals surface area contributed by atoms with Crippen LogP contribution in [0.25, 0.3) is 0 Å². The summed E-state index contributed by atoms with van der Waals surface area (Å²) in [4.78, 5) is 23.2. The fourth-order valence-corrected chi connectivity index (χ4v) is 2.49. The topological polar surface area (TPSA) is 112 Å². The molecule has 0 atom stereocenters. The maximum atomic E-state index is 12.2. The molecule has 0 aliphatic carbocycles. The number of fused-ring (bicyclic) bond motifs is 1. The Morgan fingerprint density at radius 1 is 1.11 bits per heavy atom. The molecule has 2 aromatic rings. The first-order chi connectivity index (χ1) is 13.5. The molecule has 0 spiro atoms. The van der Waals surface area contributed by atoms with Crippen LogP contribution in [0.2, 0.25) is 0 Å². The number of rotatable bonds is 6. The van der Waals surface area contributed by atoms with Gasteiger partial charge in [0.2, 0.25) is 12.7 Å². The van der Waals surface area contributed by atoms with E-state index in [4.69, 9.17) is 9.47 Å². The van der Waals surface area contributed by atoms with Gasteiger partial charge in [-0.2, -0.15) is 5.26 Å². The van der Waals surface area contributed by atoms with Gasteiger partial charge in [0.1, 0.15) is 11.6 Å². The van der Waals surface area contributed by atoms with E-state index in [0.717, 1.165) is 5.56 Å². The summed E-state index contributed by atoms with van der Waals surface area (Å²) in [5, 5.41) is 17.5. The molecule has 1 heterocycles. The Morgan fingerprint density at radius 2 is 1.82 bits per heavy atom. The largest absolute Gasteiger partial charge is 0.454 e. The average molecular weight is 378 g/mol. The predicted molar refractivity (Wildman–Crippen MR) is 102 cm³/mol. The maximum Gasteiger partial charge on any atom is 0.263 e. The van der Waals surface area contributed by atoms with Gasteiger partial charge in [-0.25, -0.2) is 0 Å². The highest BCUT2D eigenvalue weighted by atomic mass is 16.7. The lowest BCUT2D eigenvalue weighted by molar-refractivity contribution is -0.117. The molecule has 3 rings (SSSR count). The zero-order valence-corrected chi connectivity index (χ0v) is 15.1. The highest BCUT2D eigenvalue weighted by Crippen LogP contribution is 2.32. The Balaban J connectivity index is 1.57. The van der Waals surface area contributed by atoms with Crippen molar-refractivity contribution in [3.63, 3.8) is 0 Å². The standard InChI is InChI=1S/C20H18N4O4/c1-13(25)24-17-5-3-16(4-6-17)22-11-15(9-21)20(26)23-10-14-2-7-18-19(8-14)28-12-27-18/h2-8,11,22H,10,12H2,1H3,(H,23,26)(H,24,25)/b15-11-. The number of anilines is 2. The first-order valence-electron chi connectivity index (χ1n) is 8.46. The minimum absolute atomic E-state index is 0.0633. The Morgan fingerprint density at radius 3 is 2.54 bits per heavy atom. The molecule has 0 saturated carbocycles. The molecule has 1 aliphatic rings. The quantitative estimate of drug-likeness (QED) is 0.526. The van der Waals surface area contributed by atoms with Gasteiger partial charge in [-0.3, -0.25) is 9.59 Å². The molecule has 142 valence electrons. The van der Waals surface area contributed by atoms with Crippen LogP contribution >= 0.6 is 0 Å². The lowest BCUT2D eigenvalue weighted by Gasteiger charge is -2.07. The van der Waals surface area contributed by atoms with Gasteiger partial charge in [0.15, 0.2) is 11.5 Å². The van der Waals surface area contributed by atoms with Gasteiger partial charge in [0.05, 0.1) is 0 Å². The zero-order valence-electron chi connectivity index (χ0n) is 15.1. The molecule has 8 nitrogen and oxygen atoms in total. The molecule has 0 fully saturated rings. The Kier molecular flexibility index (Phi) is 5.77. The maximum absolute atomic E-state index is 12.2. The molecule has 3 N–H and O–H groups in total. The van der Waals surface area contributed by atoms with E-state index in [-0.39, 0.29) is 24.8 Å². The van der Waals surface area contributed by atoms with Crippen molar-refractivity contribution in [2.45, 2.75) is 13.5 Å². The molecule has 0 unspecified atom stereocenters. The summed E-state index contributed by atoms with van der Waals surface area (Å²) in [6, 6.07) is 14.1. The van der Waals surface area contributed by atoms with Crippen LogP contribution in [0.3, 0.4) is 0 Å². The van der Waals surface area contributed by atoms with Gasteiger partial charge in [-0.05, 0) is 42.0 Å². The summed E-state index contributed by atoms with van der Waals surface area (Å²) >= 11 is 0. The number of carbonyl (C=O) groups excluding carboxylic acids is 2. The summed E-state index contributed by atoms with van der Waals surface area (Å²) in [5.41, 5.74) is 2.09. The van der Waals surface area contributed by atoms with Crippen molar-refractivity contribution in [2.24, 2.45) is 0 Å². The van der Waals surface area contributed by atoms with Crippen LogP contribution in [0, 0.1) is 11.3 Å². The van der Waals surface area contributed by atoms with Crippen LogP contribution in [-0.2, 0) is 16.1 Å². The van der Waals surface area contributed by atoms with E-state index in [1.165, 1.54) is 13.1 Å². The first kappa shape index (κ1) is 18.8. The van der Waals surface area contributed by atoms with E-state index in [1.54, 1.807) is 36.4 Å². The normalized spacial score (nSPS) is 12.1. The molecule has 0 bridgehead atoms. The number of nitrogens with one attached hydrogen (secondary N) is 3. The molecule has 28 heavy (non-hydrogen) atoms. The third kappa shape index (κ3) is 4.80. The number of nitriles is 1. The molecular formula is C20H18N4O4. The lowest BCUT2D eigenvalue weighted by Crippen LogP contribution is -2.24. The van der Waals surface area contributed by atoms with Gasteiger partial charge >= 0.3 is 0 Å². The molecular weight excluding hydrogens is 360 g/mol. The van der Waals surface area contributed by atoms with Crippen molar-refractivity contribution >= 4 is 23.2 Å². The fourth-order valence-electron chi connectivity index (χ4n) is 2.49. The number of ether oxygens (including phenoxy) is 2. The number of carbonyl (C=O) groups is 2. The van der Waals surface area contributed by atoms with Crippen LogP contribution in [-0.4, -0.2) is 18.6 Å². The third-order valence-electron chi connectivity index (χ3n) is 3.84. The summed E-state index contributed by atoms with van der Waals surface area (Å²) in [7, 11) is 0. The van der Waals surface area contributed by atoms with E-state index < -0.39 is 5.91 Å². The van der Waals surface area contributed by atoms with Crippen molar-refractivity contribution in [3.05, 3.63) is 59.8 Å². The molecule has 0 radical (unpaired) electrons. The summed E-state index contributed by atoms with van der Waals surface area (Å²) in [6.45, 7) is 1.86. The van der Waals surface area contributed by atoms with Crippen molar-refractivity contribution in [3.8, 4) is 17.6 Å². The van der Waals surface area contributed by atoms with Crippen molar-refractivity contribution < 1.29 is 19.1 Å². The molecule has 1 aliphatic heterocycles. The zero-order chi connectivity index (χ0) is 19.9. The third-order valence-corrected chi connectivity index (χ3v) is 3.84. The second kappa shape index (κ2) is 8.60. The molecule has 8 heteroatoms. The SMILES string of the molecule is CC(=O)Nc1ccc(N/C=C(/C#N)C(=O)NCc2ccc3c(c2)OCO3)cc1. The Bertz CT molecular complexity index is 961. The summed E-state index contributed by atoms with van der Waals surface area (Å²) in [6.07, 6.45) is 1.34. The number of nitrogens with zero attached hydrogens (tertiary/aromatic N) is 1. The van der Waals surface area contributed by atoms with E-state index in [9.17, 15) is 14.9 Å². The highest BCUT2D eigenvalue weighted by molar-refractivity contribution is 5.97. The number of hydrogen-bond acceptors (Lipinski definition) is 6. The van der Waals surface area contributed by atoms with Gasteiger partial charge < -0.3 is 25.4 Å². The second-order valence-electron chi connectivity index (χ2n) is 5.94. The van der Waals surface area contributed by atoms with Gasteiger partial charge in [-0.1, -0.05) is 6.07 Å². The highest BCUT2D eigenvalue weighted by Gasteiger charge is 2.14. The molecule has 0 aromatic heterocycles. The second-order valence-corrected chi connectivity index (χ2v) is 5.94. The number of amides is 2. The average Bonchev–Trinajstić information content (AvgIpc) is 3.15. The van der Waals surface area contributed by atoms with E-state index in [2.05, 4.69) is 16.0 Å². The predicted octanol–water partition coefficient (Wildman–Crippen LogP) is 2.51. The molecule has 2 amide bonds. The van der Waals surface area contributed by atoms with Crippen molar-refractivity contribution in [1.29, 1.82) is 5.26 Å². The van der Waals surface area contributed by atoms with Crippen LogP contribution < -0.4 is 25.4 Å². The molecule has 2 aromatic carbocycles. The van der Waals surface area contributed by atoms with Gasteiger partial charge in [0, 0.05) is 31.0 Å². The van der Waals surface area contributed by atoms with Crippen LogP contribution in [0.5, 0.6) is 11.5 Å². The van der Waals surface area contributed by atoms with Crippen LogP contribution in [0.4, 0.5) is 11.4 Å². The minimum Gasteiger partial charge on any atom is -0.454 e. The summed E-state index contributed by atoms with van der Waals surface area (Å²) < 4.78 is 10.5. The van der Waals surface area contributed by atoms with E-state index >= 15 is 0 Å². The van der Waals surface area contributed by atoms with Crippen molar-refractivity contribution in [2.75, 3.05) is 17.4 Å². The van der Waals surface area contributed by atoms with E-state index in [1.807, 2.05) is 12.1 Å². The number of hydrogen-bond donors (Lipinski definition) is 3.